The molecular formula is C17H21N3O2. The number of hydrogen-bond acceptors (Lipinski definition) is 3. The van der Waals surface area contributed by atoms with Gasteiger partial charge in [-0.2, -0.15) is 5.10 Å². The third kappa shape index (κ3) is 3.04. The van der Waals surface area contributed by atoms with Crippen molar-refractivity contribution in [2.24, 2.45) is 0 Å². The number of carbonyl (C=O) groups excluding carboxylic acids is 1. The predicted molar refractivity (Wildman–Crippen MR) is 84.9 cm³/mol. The lowest BCUT2D eigenvalue weighted by molar-refractivity contribution is -0.120. The summed E-state index contributed by atoms with van der Waals surface area (Å²) >= 11 is 0. The van der Waals surface area contributed by atoms with Gasteiger partial charge in [-0.1, -0.05) is 24.3 Å². The van der Waals surface area contributed by atoms with Crippen LogP contribution in [0.15, 0.2) is 36.5 Å². The van der Waals surface area contributed by atoms with Crippen molar-refractivity contribution in [2.45, 2.75) is 32.2 Å². The average Bonchev–Trinajstić information content (AvgIpc) is 3.00. The molecule has 0 fully saturated rings. The zero-order chi connectivity index (χ0) is 15.4. The lowest BCUT2D eigenvalue weighted by atomic mass is 9.88. The van der Waals surface area contributed by atoms with Gasteiger partial charge in [0.25, 0.3) is 5.91 Å². The number of rotatable bonds is 5. The molecule has 1 aromatic carbocycles. The number of aromatic nitrogens is 2. The number of nitrogens with zero attached hydrogens (tertiary/aromatic N) is 2. The van der Waals surface area contributed by atoms with E-state index in [0.29, 0.717) is 6.61 Å². The molecule has 1 aliphatic carbocycles. The predicted octanol–water partition coefficient (Wildman–Crippen LogP) is 2.78. The summed E-state index contributed by atoms with van der Waals surface area (Å²) in [7, 11) is 0. The van der Waals surface area contributed by atoms with Gasteiger partial charge in [-0.3, -0.25) is 4.79 Å². The van der Waals surface area contributed by atoms with Crippen molar-refractivity contribution in [1.29, 1.82) is 0 Å². The van der Waals surface area contributed by atoms with Crippen LogP contribution >= 0.6 is 0 Å². The SMILES string of the molecule is CCOCC(=O)Nc1ccnn1C1CCCc2ccccc21. The maximum atomic E-state index is 11.9. The Kier molecular flexibility index (Phi) is 4.53. The van der Waals surface area contributed by atoms with Gasteiger partial charge in [-0.15, -0.1) is 0 Å². The second kappa shape index (κ2) is 6.75. The molecule has 1 amide bonds. The number of amides is 1. The lowest BCUT2D eigenvalue weighted by Gasteiger charge is -2.27. The molecule has 0 radical (unpaired) electrons. The quantitative estimate of drug-likeness (QED) is 0.923. The van der Waals surface area contributed by atoms with Gasteiger partial charge in [-0.05, 0) is 37.3 Å². The lowest BCUT2D eigenvalue weighted by Crippen LogP contribution is -2.24. The molecule has 116 valence electrons. The minimum atomic E-state index is -0.146. The van der Waals surface area contributed by atoms with Crippen LogP contribution < -0.4 is 5.32 Å². The van der Waals surface area contributed by atoms with Crippen molar-refractivity contribution in [3.8, 4) is 0 Å². The van der Waals surface area contributed by atoms with Crippen molar-refractivity contribution in [3.63, 3.8) is 0 Å². The first kappa shape index (κ1) is 14.8. The van der Waals surface area contributed by atoms with Crippen LogP contribution in [0.25, 0.3) is 0 Å². The van der Waals surface area contributed by atoms with Gasteiger partial charge in [0.05, 0.1) is 12.2 Å². The summed E-state index contributed by atoms with van der Waals surface area (Å²) < 4.78 is 7.06. The van der Waals surface area contributed by atoms with Gasteiger partial charge in [-0.25, -0.2) is 4.68 Å². The number of hydrogen-bond donors (Lipinski definition) is 1. The highest BCUT2D eigenvalue weighted by Crippen LogP contribution is 2.34. The smallest absolute Gasteiger partial charge is 0.251 e. The normalized spacial score (nSPS) is 17.0. The third-order valence-electron chi connectivity index (χ3n) is 4.01. The Morgan fingerprint density at radius 1 is 1.41 bits per heavy atom. The Bertz CT molecular complexity index is 651. The van der Waals surface area contributed by atoms with Crippen LogP contribution in [0, 0.1) is 0 Å². The second-order valence-electron chi connectivity index (χ2n) is 5.45. The highest BCUT2D eigenvalue weighted by Gasteiger charge is 2.24. The molecular weight excluding hydrogens is 278 g/mol. The third-order valence-corrected chi connectivity index (χ3v) is 4.01. The van der Waals surface area contributed by atoms with Gasteiger partial charge in [0, 0.05) is 12.7 Å². The standard InChI is InChI=1S/C17H21N3O2/c1-2-22-12-17(21)19-16-10-11-18-20(16)15-9-5-7-13-6-3-4-8-14(13)15/h3-4,6,8,10-11,15H,2,5,7,9,12H2,1H3,(H,19,21). The minimum absolute atomic E-state index is 0.0724. The zero-order valence-corrected chi connectivity index (χ0v) is 12.8. The van der Waals surface area contributed by atoms with E-state index in [1.807, 2.05) is 17.7 Å². The molecule has 0 aliphatic heterocycles. The fourth-order valence-electron chi connectivity index (χ4n) is 3.02. The number of carbonyl (C=O) groups is 1. The largest absolute Gasteiger partial charge is 0.372 e. The molecule has 0 saturated heterocycles. The van der Waals surface area contributed by atoms with Gasteiger partial charge >= 0.3 is 0 Å². The molecule has 5 heteroatoms. The van der Waals surface area contributed by atoms with Gasteiger partial charge in [0.15, 0.2) is 0 Å². The minimum Gasteiger partial charge on any atom is -0.372 e. The van der Waals surface area contributed by atoms with E-state index >= 15 is 0 Å². The molecule has 1 aliphatic rings. The van der Waals surface area contributed by atoms with Gasteiger partial charge in [0.1, 0.15) is 12.4 Å². The van der Waals surface area contributed by atoms with Crippen LogP contribution in [0.3, 0.4) is 0 Å². The van der Waals surface area contributed by atoms with E-state index in [2.05, 4.69) is 34.7 Å². The van der Waals surface area contributed by atoms with E-state index in [1.165, 1.54) is 11.1 Å². The molecule has 1 N–H and O–H groups in total. The molecule has 1 heterocycles. The van der Waals surface area contributed by atoms with E-state index < -0.39 is 0 Å². The van der Waals surface area contributed by atoms with E-state index in [1.54, 1.807) is 6.20 Å². The molecule has 3 rings (SSSR count). The molecule has 0 saturated carbocycles. The molecule has 0 bridgehead atoms. The average molecular weight is 299 g/mol. The Hall–Kier alpha value is -2.14. The van der Waals surface area contributed by atoms with E-state index in [0.717, 1.165) is 25.1 Å². The number of benzene rings is 1. The topological polar surface area (TPSA) is 56.1 Å². The molecule has 1 unspecified atom stereocenters. The summed E-state index contributed by atoms with van der Waals surface area (Å²) in [5.41, 5.74) is 2.68. The summed E-state index contributed by atoms with van der Waals surface area (Å²) in [6.07, 6.45) is 5.01. The molecule has 2 aromatic rings. The highest BCUT2D eigenvalue weighted by atomic mass is 16.5. The van der Waals surface area contributed by atoms with Crippen molar-refractivity contribution in [3.05, 3.63) is 47.7 Å². The van der Waals surface area contributed by atoms with Crippen LogP contribution in [0.5, 0.6) is 0 Å². The van der Waals surface area contributed by atoms with Crippen LogP contribution in [-0.2, 0) is 16.0 Å². The van der Waals surface area contributed by atoms with E-state index in [4.69, 9.17) is 4.74 Å². The molecule has 5 nitrogen and oxygen atoms in total. The number of ether oxygens (including phenoxy) is 1. The first-order valence-corrected chi connectivity index (χ1v) is 7.78. The van der Waals surface area contributed by atoms with Gasteiger partial charge in [0.2, 0.25) is 0 Å². The summed E-state index contributed by atoms with van der Waals surface area (Å²) in [6.45, 7) is 2.47. The van der Waals surface area contributed by atoms with Crippen molar-refractivity contribution >= 4 is 11.7 Å². The number of fused-ring (bicyclic) bond motifs is 1. The summed E-state index contributed by atoms with van der Waals surface area (Å²) in [4.78, 5) is 11.9. The molecule has 1 aromatic heterocycles. The first-order valence-electron chi connectivity index (χ1n) is 7.78. The van der Waals surface area contributed by atoms with E-state index in [-0.39, 0.29) is 18.6 Å². The van der Waals surface area contributed by atoms with Crippen LogP contribution in [0.2, 0.25) is 0 Å². The van der Waals surface area contributed by atoms with Gasteiger partial charge < -0.3 is 10.1 Å². The maximum absolute atomic E-state index is 11.9. The maximum Gasteiger partial charge on any atom is 0.251 e. The zero-order valence-electron chi connectivity index (χ0n) is 12.8. The summed E-state index contributed by atoms with van der Waals surface area (Å²) in [5.74, 6) is 0.583. The molecule has 0 spiro atoms. The second-order valence-corrected chi connectivity index (χ2v) is 5.45. The molecule has 22 heavy (non-hydrogen) atoms. The van der Waals surface area contributed by atoms with Crippen molar-refractivity contribution < 1.29 is 9.53 Å². The fourth-order valence-corrected chi connectivity index (χ4v) is 3.02. The monoisotopic (exact) mass is 299 g/mol. The van der Waals surface area contributed by atoms with Crippen molar-refractivity contribution in [2.75, 3.05) is 18.5 Å². The highest BCUT2D eigenvalue weighted by molar-refractivity contribution is 5.90. The summed E-state index contributed by atoms with van der Waals surface area (Å²) in [5, 5.41) is 7.32. The number of aryl methyl sites for hydroxylation is 1. The van der Waals surface area contributed by atoms with E-state index in [9.17, 15) is 4.79 Å². The number of anilines is 1. The Labute approximate surface area is 130 Å². The Morgan fingerprint density at radius 2 is 2.27 bits per heavy atom. The van der Waals surface area contributed by atoms with Crippen LogP contribution in [0.1, 0.15) is 36.9 Å². The van der Waals surface area contributed by atoms with Crippen LogP contribution in [0.4, 0.5) is 5.82 Å². The molecule has 1 atom stereocenters. The van der Waals surface area contributed by atoms with Crippen LogP contribution in [-0.4, -0.2) is 28.9 Å². The first-order chi connectivity index (χ1) is 10.8. The Morgan fingerprint density at radius 3 is 3.14 bits per heavy atom. The Balaban J connectivity index is 1.82. The summed E-state index contributed by atoms with van der Waals surface area (Å²) in [6, 6.07) is 10.5. The number of nitrogens with one attached hydrogen (secondary N) is 1. The van der Waals surface area contributed by atoms with Crippen molar-refractivity contribution in [1.82, 2.24) is 9.78 Å². The fraction of sp³-hybridized carbons (Fsp3) is 0.412.